The summed E-state index contributed by atoms with van der Waals surface area (Å²) >= 11 is 0. The second-order valence-electron chi connectivity index (χ2n) is 8.49. The largest absolute Gasteiger partial charge is 0.377 e. The maximum absolute atomic E-state index is 12.5. The second kappa shape index (κ2) is 10.2. The summed E-state index contributed by atoms with van der Waals surface area (Å²) in [6.45, 7) is 10.0. The summed E-state index contributed by atoms with van der Waals surface area (Å²) in [4.78, 5) is 26.3. The molecule has 0 aliphatic carbocycles. The lowest BCUT2D eigenvalue weighted by Gasteiger charge is -2.24. The van der Waals surface area contributed by atoms with E-state index in [1.165, 1.54) is 5.56 Å². The van der Waals surface area contributed by atoms with Gasteiger partial charge in [0.1, 0.15) is 12.4 Å². The van der Waals surface area contributed by atoms with Crippen molar-refractivity contribution in [2.45, 2.75) is 40.2 Å². The molecule has 1 saturated heterocycles. The summed E-state index contributed by atoms with van der Waals surface area (Å²) in [6.07, 6.45) is 1.80. The zero-order valence-corrected chi connectivity index (χ0v) is 20.0. The lowest BCUT2D eigenvalue weighted by Crippen LogP contribution is -2.42. The van der Waals surface area contributed by atoms with Gasteiger partial charge in [-0.2, -0.15) is 5.10 Å². The van der Waals surface area contributed by atoms with Crippen LogP contribution in [0.2, 0.25) is 0 Å². The van der Waals surface area contributed by atoms with Gasteiger partial charge in [-0.1, -0.05) is 24.6 Å². The van der Waals surface area contributed by atoms with E-state index in [4.69, 9.17) is 19.8 Å². The van der Waals surface area contributed by atoms with Gasteiger partial charge in [0.2, 0.25) is 0 Å². The molecule has 9 heteroatoms. The Kier molecular flexibility index (Phi) is 7.08. The van der Waals surface area contributed by atoms with E-state index >= 15 is 0 Å². The highest BCUT2D eigenvalue weighted by atomic mass is 16.5. The monoisotopic (exact) mass is 451 g/mol. The molecule has 1 aliphatic rings. The molecular weight excluding hydrogens is 418 g/mol. The van der Waals surface area contributed by atoms with E-state index in [1.54, 1.807) is 7.11 Å². The normalized spacial score (nSPS) is 14.5. The Balaban J connectivity index is 1.71. The average Bonchev–Trinajstić information content (AvgIpc) is 2.98. The highest BCUT2D eigenvalue weighted by Crippen LogP contribution is 2.30. The molecule has 0 bridgehead atoms. The number of aryl methyl sites for hydroxylation is 2. The second-order valence-corrected chi connectivity index (χ2v) is 8.49. The Morgan fingerprint density at radius 3 is 2.61 bits per heavy atom. The number of benzene rings is 1. The number of hydrogen-bond acceptors (Lipinski definition) is 6. The van der Waals surface area contributed by atoms with Gasteiger partial charge in [-0.25, -0.2) is 19.4 Å². The standard InChI is InChI=1S/C24H33N7O2/c1-5-11-25-24(32)30-13-6-12-29(14-15-30)22-21-18(3)28-31(19-9-7-17(2)8-10-19)23(21)27-20(26-22)16-33-4/h7-10H,5-6,11-16H2,1-4H3,(H,25,32). The molecule has 0 atom stereocenters. The molecule has 1 aliphatic heterocycles. The van der Waals surface area contributed by atoms with Crippen LogP contribution in [0.4, 0.5) is 10.6 Å². The fourth-order valence-electron chi connectivity index (χ4n) is 4.17. The predicted octanol–water partition coefficient (Wildman–Crippen LogP) is 3.21. The Bertz CT molecular complexity index is 1110. The number of ether oxygens (including phenoxy) is 1. The van der Waals surface area contributed by atoms with Crippen molar-refractivity contribution in [1.29, 1.82) is 0 Å². The van der Waals surface area contributed by atoms with Gasteiger partial charge < -0.3 is 19.9 Å². The number of hydrogen-bond donors (Lipinski definition) is 1. The molecule has 3 heterocycles. The van der Waals surface area contributed by atoms with Gasteiger partial charge in [0.25, 0.3) is 0 Å². The molecule has 0 radical (unpaired) electrons. The van der Waals surface area contributed by atoms with Crippen LogP contribution in [-0.2, 0) is 11.3 Å². The molecule has 0 spiro atoms. The number of methoxy groups -OCH3 is 1. The first-order chi connectivity index (χ1) is 16.0. The zero-order chi connectivity index (χ0) is 23.4. The Morgan fingerprint density at radius 2 is 1.88 bits per heavy atom. The summed E-state index contributed by atoms with van der Waals surface area (Å²) in [5.74, 6) is 1.48. The summed E-state index contributed by atoms with van der Waals surface area (Å²) in [6, 6.07) is 8.26. The molecule has 0 saturated carbocycles. The number of anilines is 1. The molecule has 176 valence electrons. The molecule has 1 fully saturated rings. The fourth-order valence-corrected chi connectivity index (χ4v) is 4.17. The van der Waals surface area contributed by atoms with Gasteiger partial charge in [-0.15, -0.1) is 0 Å². The number of carbonyl (C=O) groups is 1. The molecule has 1 N–H and O–H groups in total. The van der Waals surface area contributed by atoms with Crippen LogP contribution in [0, 0.1) is 13.8 Å². The van der Waals surface area contributed by atoms with Crippen molar-refractivity contribution in [3.63, 3.8) is 0 Å². The van der Waals surface area contributed by atoms with E-state index in [0.717, 1.165) is 54.2 Å². The Morgan fingerprint density at radius 1 is 1.09 bits per heavy atom. The number of nitrogens with zero attached hydrogens (tertiary/aromatic N) is 6. The molecule has 33 heavy (non-hydrogen) atoms. The van der Waals surface area contributed by atoms with Crippen LogP contribution in [0.25, 0.3) is 16.7 Å². The molecule has 4 rings (SSSR count). The number of urea groups is 1. The smallest absolute Gasteiger partial charge is 0.317 e. The minimum atomic E-state index is 0.00924. The molecule has 0 unspecified atom stereocenters. The van der Waals surface area contributed by atoms with Crippen LogP contribution in [0.1, 0.15) is 36.8 Å². The molecule has 9 nitrogen and oxygen atoms in total. The van der Waals surface area contributed by atoms with Gasteiger partial charge in [0.15, 0.2) is 11.5 Å². The third-order valence-electron chi connectivity index (χ3n) is 5.89. The van der Waals surface area contributed by atoms with E-state index in [1.807, 2.05) is 16.5 Å². The van der Waals surface area contributed by atoms with Crippen molar-refractivity contribution in [1.82, 2.24) is 30.0 Å². The number of nitrogens with one attached hydrogen (secondary N) is 1. The highest BCUT2D eigenvalue weighted by Gasteiger charge is 2.25. The molecule has 2 aromatic heterocycles. The first-order valence-electron chi connectivity index (χ1n) is 11.6. The molecule has 1 aromatic carbocycles. The maximum Gasteiger partial charge on any atom is 0.317 e. The average molecular weight is 452 g/mol. The predicted molar refractivity (Wildman–Crippen MR) is 129 cm³/mol. The Hall–Kier alpha value is -3.20. The quantitative estimate of drug-likeness (QED) is 0.619. The number of amides is 2. The van der Waals surface area contributed by atoms with Crippen molar-refractivity contribution in [2.24, 2.45) is 0 Å². The summed E-state index contributed by atoms with van der Waals surface area (Å²) in [5.41, 5.74) is 3.81. The van der Waals surface area contributed by atoms with Crippen molar-refractivity contribution in [2.75, 3.05) is 44.7 Å². The number of fused-ring (bicyclic) bond motifs is 1. The third-order valence-corrected chi connectivity index (χ3v) is 5.89. The van der Waals surface area contributed by atoms with Crippen LogP contribution < -0.4 is 10.2 Å². The summed E-state index contributed by atoms with van der Waals surface area (Å²) in [5, 5.41) is 8.75. The molecule has 3 aromatic rings. The first kappa shape index (κ1) is 23.0. The number of carbonyl (C=O) groups excluding carboxylic acids is 1. The molecular formula is C24H33N7O2. The van der Waals surface area contributed by atoms with Crippen LogP contribution in [0.5, 0.6) is 0 Å². The van der Waals surface area contributed by atoms with Crippen molar-refractivity contribution in [3.8, 4) is 5.69 Å². The minimum absolute atomic E-state index is 0.00924. The lowest BCUT2D eigenvalue weighted by molar-refractivity contribution is 0.178. The van der Waals surface area contributed by atoms with E-state index in [-0.39, 0.29) is 6.03 Å². The first-order valence-corrected chi connectivity index (χ1v) is 11.6. The topological polar surface area (TPSA) is 88.4 Å². The van der Waals surface area contributed by atoms with Gasteiger partial charge in [0, 0.05) is 39.8 Å². The van der Waals surface area contributed by atoms with Gasteiger partial charge >= 0.3 is 6.03 Å². The summed E-state index contributed by atoms with van der Waals surface area (Å²) in [7, 11) is 1.65. The molecule has 2 amide bonds. The summed E-state index contributed by atoms with van der Waals surface area (Å²) < 4.78 is 7.25. The van der Waals surface area contributed by atoms with Crippen molar-refractivity contribution < 1.29 is 9.53 Å². The van der Waals surface area contributed by atoms with E-state index in [9.17, 15) is 4.79 Å². The minimum Gasteiger partial charge on any atom is -0.377 e. The van der Waals surface area contributed by atoms with Crippen LogP contribution in [0.15, 0.2) is 24.3 Å². The van der Waals surface area contributed by atoms with Crippen LogP contribution in [-0.4, -0.2) is 70.5 Å². The number of aromatic nitrogens is 4. The van der Waals surface area contributed by atoms with E-state index < -0.39 is 0 Å². The van der Waals surface area contributed by atoms with Crippen LogP contribution in [0.3, 0.4) is 0 Å². The van der Waals surface area contributed by atoms with Gasteiger partial charge in [0.05, 0.1) is 16.8 Å². The van der Waals surface area contributed by atoms with Crippen molar-refractivity contribution in [3.05, 3.63) is 41.3 Å². The van der Waals surface area contributed by atoms with Crippen LogP contribution >= 0.6 is 0 Å². The lowest BCUT2D eigenvalue weighted by atomic mass is 10.2. The number of rotatable bonds is 6. The van der Waals surface area contributed by atoms with E-state index in [0.29, 0.717) is 32.1 Å². The third kappa shape index (κ3) is 4.93. The Labute approximate surface area is 194 Å². The maximum atomic E-state index is 12.5. The fraction of sp³-hybridized carbons (Fsp3) is 0.500. The van der Waals surface area contributed by atoms with Crippen molar-refractivity contribution >= 4 is 22.9 Å². The SMILES string of the molecule is CCCNC(=O)N1CCCN(c2nc(COC)nc3c2c(C)nn3-c2ccc(C)cc2)CC1. The van der Waals surface area contributed by atoms with Gasteiger partial charge in [-0.05, 0) is 38.8 Å². The van der Waals surface area contributed by atoms with Gasteiger partial charge in [-0.3, -0.25) is 0 Å². The van der Waals surface area contributed by atoms with E-state index in [2.05, 4.69) is 48.3 Å². The highest BCUT2D eigenvalue weighted by molar-refractivity contribution is 5.91. The zero-order valence-electron chi connectivity index (χ0n) is 20.0.